The zero-order valence-electron chi connectivity index (χ0n) is 18.1. The number of hydrogen-bond acceptors (Lipinski definition) is 2. The fraction of sp³-hybridized carbons (Fsp3) is 0.400. The lowest BCUT2D eigenvalue weighted by atomic mass is 9.87. The third-order valence-corrected chi connectivity index (χ3v) is 6.48. The minimum Gasteiger partial charge on any atom is -0.361 e. The predicted octanol–water partition coefficient (Wildman–Crippen LogP) is 4.69. The Morgan fingerprint density at radius 2 is 1.84 bits per heavy atom. The second kappa shape index (κ2) is 9.18. The number of nitrogens with zero attached hydrogens (tertiary/aromatic N) is 2. The number of aromatic amines is 1. The van der Waals surface area contributed by atoms with Crippen LogP contribution in [-0.4, -0.2) is 53.4 Å². The van der Waals surface area contributed by atoms with E-state index < -0.39 is 17.6 Å². The SMILES string of the molecule is CCc1cccc2c([C@@H](CC(=O)N3CCN(CC)CC3)c3ccc(F)cc3F)c[nH]c12. The molecule has 0 unspecified atom stereocenters. The van der Waals surface area contributed by atoms with E-state index in [0.29, 0.717) is 18.7 Å². The Kier molecular flexibility index (Phi) is 6.37. The van der Waals surface area contributed by atoms with E-state index in [-0.39, 0.29) is 12.3 Å². The van der Waals surface area contributed by atoms with Crippen molar-refractivity contribution in [3.8, 4) is 0 Å². The molecule has 31 heavy (non-hydrogen) atoms. The van der Waals surface area contributed by atoms with Gasteiger partial charge in [0.25, 0.3) is 0 Å². The Morgan fingerprint density at radius 1 is 1.06 bits per heavy atom. The van der Waals surface area contributed by atoms with Crippen LogP contribution in [0.1, 0.15) is 42.9 Å². The van der Waals surface area contributed by atoms with E-state index in [1.54, 1.807) is 0 Å². The van der Waals surface area contributed by atoms with Crippen molar-refractivity contribution in [2.24, 2.45) is 0 Å². The standard InChI is InChI=1S/C25H29F2N3O/c1-3-17-6-5-7-20-22(16-28-25(17)20)21(19-9-8-18(26)14-23(19)27)15-24(31)30-12-10-29(4-2)11-13-30/h5-9,14,16,21,28H,3-4,10-13,15H2,1-2H3/t21-/m0/s1. The first kappa shape index (κ1) is 21.5. The molecule has 0 aliphatic carbocycles. The van der Waals surface area contributed by atoms with E-state index >= 15 is 0 Å². The Morgan fingerprint density at radius 3 is 2.52 bits per heavy atom. The number of amides is 1. The monoisotopic (exact) mass is 425 g/mol. The number of hydrogen-bond donors (Lipinski definition) is 1. The van der Waals surface area contributed by atoms with Crippen LogP contribution in [0.5, 0.6) is 0 Å². The van der Waals surface area contributed by atoms with Gasteiger partial charge in [-0.25, -0.2) is 8.78 Å². The van der Waals surface area contributed by atoms with Crippen LogP contribution in [0.25, 0.3) is 10.9 Å². The van der Waals surface area contributed by atoms with Crippen LogP contribution in [0.2, 0.25) is 0 Å². The average Bonchev–Trinajstić information content (AvgIpc) is 3.22. The lowest BCUT2D eigenvalue weighted by Crippen LogP contribution is -2.48. The largest absolute Gasteiger partial charge is 0.361 e. The van der Waals surface area contributed by atoms with Gasteiger partial charge in [-0.05, 0) is 35.7 Å². The van der Waals surface area contributed by atoms with Gasteiger partial charge in [0.15, 0.2) is 0 Å². The van der Waals surface area contributed by atoms with Crippen LogP contribution in [0.4, 0.5) is 8.78 Å². The molecule has 1 N–H and O–H groups in total. The van der Waals surface area contributed by atoms with E-state index in [2.05, 4.69) is 29.8 Å². The summed E-state index contributed by atoms with van der Waals surface area (Å²) in [5, 5.41) is 0.983. The molecule has 164 valence electrons. The molecule has 2 aromatic carbocycles. The highest BCUT2D eigenvalue weighted by atomic mass is 19.1. The van der Waals surface area contributed by atoms with E-state index in [4.69, 9.17) is 0 Å². The number of para-hydroxylation sites is 1. The molecule has 4 nitrogen and oxygen atoms in total. The van der Waals surface area contributed by atoms with Gasteiger partial charge >= 0.3 is 0 Å². The van der Waals surface area contributed by atoms with Crippen molar-refractivity contribution in [2.75, 3.05) is 32.7 Å². The fourth-order valence-corrected chi connectivity index (χ4v) is 4.61. The summed E-state index contributed by atoms with van der Waals surface area (Å²) in [5.74, 6) is -1.72. The Hall–Kier alpha value is -2.73. The highest BCUT2D eigenvalue weighted by Crippen LogP contribution is 2.36. The van der Waals surface area contributed by atoms with Crippen LogP contribution in [0.15, 0.2) is 42.6 Å². The van der Waals surface area contributed by atoms with Gasteiger partial charge in [0.2, 0.25) is 5.91 Å². The molecule has 0 saturated carbocycles. The normalized spacial score (nSPS) is 16.1. The summed E-state index contributed by atoms with van der Waals surface area (Å²) in [6.07, 6.45) is 2.89. The first-order valence-corrected chi connectivity index (χ1v) is 11.1. The first-order chi connectivity index (χ1) is 15.0. The van der Waals surface area contributed by atoms with Gasteiger partial charge in [0.1, 0.15) is 11.6 Å². The zero-order chi connectivity index (χ0) is 22.0. The number of benzene rings is 2. The summed E-state index contributed by atoms with van der Waals surface area (Å²) in [7, 11) is 0. The highest BCUT2D eigenvalue weighted by molar-refractivity contribution is 5.88. The molecule has 3 aromatic rings. The molecular weight excluding hydrogens is 396 g/mol. The number of aromatic nitrogens is 1. The molecule has 1 aliphatic rings. The number of piperazine rings is 1. The van der Waals surface area contributed by atoms with Crippen LogP contribution in [-0.2, 0) is 11.2 Å². The predicted molar refractivity (Wildman–Crippen MR) is 119 cm³/mol. The zero-order valence-corrected chi connectivity index (χ0v) is 18.1. The van der Waals surface area contributed by atoms with Crippen molar-refractivity contribution in [1.29, 1.82) is 0 Å². The van der Waals surface area contributed by atoms with Crippen molar-refractivity contribution in [3.05, 3.63) is 70.9 Å². The minimum absolute atomic E-state index is 0.00507. The molecule has 1 amide bonds. The maximum Gasteiger partial charge on any atom is 0.223 e. The second-order valence-corrected chi connectivity index (χ2v) is 8.17. The van der Waals surface area contributed by atoms with Gasteiger partial charge in [0, 0.05) is 61.7 Å². The summed E-state index contributed by atoms with van der Waals surface area (Å²) < 4.78 is 28.4. The number of rotatable bonds is 6. The number of carbonyl (C=O) groups is 1. The van der Waals surface area contributed by atoms with Crippen LogP contribution >= 0.6 is 0 Å². The van der Waals surface area contributed by atoms with E-state index in [0.717, 1.165) is 48.6 Å². The molecule has 1 aliphatic heterocycles. The summed E-state index contributed by atoms with van der Waals surface area (Å²) in [5.41, 5.74) is 3.40. The van der Waals surface area contributed by atoms with E-state index in [9.17, 15) is 13.6 Å². The molecule has 2 heterocycles. The topological polar surface area (TPSA) is 39.3 Å². The number of aryl methyl sites for hydroxylation is 1. The molecule has 0 radical (unpaired) electrons. The quantitative estimate of drug-likeness (QED) is 0.622. The third kappa shape index (κ3) is 4.35. The van der Waals surface area contributed by atoms with Crippen LogP contribution in [0.3, 0.4) is 0 Å². The number of nitrogens with one attached hydrogen (secondary N) is 1. The minimum atomic E-state index is -0.616. The van der Waals surface area contributed by atoms with Gasteiger partial charge in [-0.15, -0.1) is 0 Å². The summed E-state index contributed by atoms with van der Waals surface area (Å²) in [4.78, 5) is 20.7. The number of halogens is 2. The third-order valence-electron chi connectivity index (χ3n) is 6.48. The Balaban J connectivity index is 1.70. The van der Waals surface area contributed by atoms with Crippen molar-refractivity contribution in [1.82, 2.24) is 14.8 Å². The van der Waals surface area contributed by atoms with Gasteiger partial charge in [-0.1, -0.05) is 38.1 Å². The van der Waals surface area contributed by atoms with Gasteiger partial charge in [0.05, 0.1) is 0 Å². The molecule has 0 spiro atoms. The Bertz CT molecular complexity index is 1070. The lowest BCUT2D eigenvalue weighted by Gasteiger charge is -2.35. The van der Waals surface area contributed by atoms with Crippen molar-refractivity contribution < 1.29 is 13.6 Å². The first-order valence-electron chi connectivity index (χ1n) is 11.1. The molecule has 4 rings (SSSR count). The number of H-pyrrole nitrogens is 1. The van der Waals surface area contributed by atoms with Crippen LogP contribution in [0, 0.1) is 11.6 Å². The molecule has 1 saturated heterocycles. The summed E-state index contributed by atoms with van der Waals surface area (Å²) >= 11 is 0. The summed E-state index contributed by atoms with van der Waals surface area (Å²) in [6.45, 7) is 8.24. The number of likely N-dealkylation sites (N-methyl/N-ethyl adjacent to an activating group) is 1. The number of carbonyl (C=O) groups excluding carboxylic acids is 1. The van der Waals surface area contributed by atoms with E-state index in [1.165, 1.54) is 17.7 Å². The van der Waals surface area contributed by atoms with Crippen LogP contribution < -0.4 is 0 Å². The Labute approximate surface area is 181 Å². The van der Waals surface area contributed by atoms with Crippen molar-refractivity contribution >= 4 is 16.8 Å². The van der Waals surface area contributed by atoms with E-state index in [1.807, 2.05) is 23.2 Å². The highest BCUT2D eigenvalue weighted by Gasteiger charge is 2.28. The van der Waals surface area contributed by atoms with Gasteiger partial charge in [-0.2, -0.15) is 0 Å². The summed E-state index contributed by atoms with van der Waals surface area (Å²) in [6, 6.07) is 9.69. The van der Waals surface area contributed by atoms with Gasteiger partial charge in [-0.3, -0.25) is 4.79 Å². The number of fused-ring (bicyclic) bond motifs is 1. The fourth-order valence-electron chi connectivity index (χ4n) is 4.61. The molecule has 1 fully saturated rings. The van der Waals surface area contributed by atoms with Crippen molar-refractivity contribution in [2.45, 2.75) is 32.6 Å². The van der Waals surface area contributed by atoms with Crippen molar-refractivity contribution in [3.63, 3.8) is 0 Å². The maximum absolute atomic E-state index is 14.8. The lowest BCUT2D eigenvalue weighted by molar-refractivity contribution is -0.133. The molecule has 6 heteroatoms. The maximum atomic E-state index is 14.8. The molecule has 0 bridgehead atoms. The molecular formula is C25H29F2N3O. The smallest absolute Gasteiger partial charge is 0.223 e. The molecule has 1 aromatic heterocycles. The second-order valence-electron chi connectivity index (χ2n) is 8.17. The molecule has 1 atom stereocenters. The average molecular weight is 426 g/mol. The van der Waals surface area contributed by atoms with Gasteiger partial charge < -0.3 is 14.8 Å².